The normalized spacial score (nSPS) is 13.4. The molecular weight excluding hydrogens is 573 g/mol. The Balaban J connectivity index is 1.13. The molecule has 0 saturated heterocycles. The minimum atomic E-state index is 0.934. The quantitative estimate of drug-likeness (QED) is 0.214. The van der Waals surface area contributed by atoms with Gasteiger partial charge in [0.15, 0.2) is 0 Å². The number of nitrogens with one attached hydrogen (secondary N) is 1. The number of aromatic nitrogens is 4. The van der Waals surface area contributed by atoms with Crippen molar-refractivity contribution >= 4 is 60.2 Å². The zero-order valence-corrected chi connectivity index (χ0v) is 25.7. The Morgan fingerprint density at radius 3 is 1.79 bits per heavy atom. The Morgan fingerprint density at radius 2 is 1.13 bits per heavy atom. The number of aromatic amines is 1. The van der Waals surface area contributed by atoms with E-state index in [1.807, 2.05) is 0 Å². The molecule has 0 amide bonds. The van der Waals surface area contributed by atoms with Gasteiger partial charge in [0.1, 0.15) is 5.82 Å². The van der Waals surface area contributed by atoms with Crippen molar-refractivity contribution in [2.45, 2.75) is 12.8 Å². The first kappa shape index (κ1) is 26.1. The highest BCUT2D eigenvalue weighted by Gasteiger charge is 2.17. The van der Waals surface area contributed by atoms with Gasteiger partial charge in [-0.2, -0.15) is 0 Å². The minimum Gasteiger partial charge on any atom is -0.338 e. The van der Waals surface area contributed by atoms with Gasteiger partial charge in [-0.25, -0.2) is 4.98 Å². The summed E-state index contributed by atoms with van der Waals surface area (Å²) in [6.45, 7) is 0. The van der Waals surface area contributed by atoms with Gasteiger partial charge in [-0.3, -0.25) is 0 Å². The molecule has 4 heteroatoms. The van der Waals surface area contributed by atoms with E-state index in [1.165, 1.54) is 66.0 Å². The van der Waals surface area contributed by atoms with E-state index < -0.39 is 0 Å². The van der Waals surface area contributed by atoms with E-state index in [9.17, 15) is 0 Å². The summed E-state index contributed by atoms with van der Waals surface area (Å²) >= 11 is 0. The van der Waals surface area contributed by atoms with Gasteiger partial charge in [-0.05, 0) is 90.7 Å². The summed E-state index contributed by atoms with van der Waals surface area (Å²) in [6.07, 6.45) is 8.81. The Bertz CT molecular complexity index is 2730. The lowest BCUT2D eigenvalue weighted by atomic mass is 10.0. The van der Waals surface area contributed by atoms with Gasteiger partial charge in [0.25, 0.3) is 0 Å². The largest absolute Gasteiger partial charge is 0.338 e. The summed E-state index contributed by atoms with van der Waals surface area (Å²) < 4.78 is 4.74. The van der Waals surface area contributed by atoms with Gasteiger partial charge in [0.2, 0.25) is 0 Å². The minimum absolute atomic E-state index is 0.934. The second-order valence-electron chi connectivity index (χ2n) is 12.4. The van der Waals surface area contributed by atoms with E-state index >= 15 is 0 Å². The number of para-hydroxylation sites is 3. The first-order valence-corrected chi connectivity index (χ1v) is 16.3. The SMILES string of the molecule is C1=CC(c2nc3cc(-n4c5ccccc5c5cc(-c6ccc7c(c6)c6ccccc6n7-c6ccccc6)ccc54)ccc3[nH]2)=CCC1. The summed E-state index contributed by atoms with van der Waals surface area (Å²) in [6, 6.07) is 48.4. The highest BCUT2D eigenvalue weighted by molar-refractivity contribution is 6.12. The fraction of sp³-hybridized carbons (Fsp3) is 0.0465. The van der Waals surface area contributed by atoms with Crippen molar-refractivity contribution in [3.8, 4) is 22.5 Å². The molecule has 4 nitrogen and oxygen atoms in total. The Morgan fingerprint density at radius 1 is 0.511 bits per heavy atom. The van der Waals surface area contributed by atoms with Crippen molar-refractivity contribution in [3.05, 3.63) is 158 Å². The zero-order chi connectivity index (χ0) is 30.9. The molecule has 10 rings (SSSR count). The lowest BCUT2D eigenvalue weighted by Crippen LogP contribution is -1.93. The Hall–Kier alpha value is -6.13. The predicted octanol–water partition coefficient (Wildman–Crippen LogP) is 11.2. The Kier molecular flexibility index (Phi) is 5.67. The molecule has 0 bridgehead atoms. The van der Waals surface area contributed by atoms with Crippen LogP contribution >= 0.6 is 0 Å². The monoisotopic (exact) mass is 602 g/mol. The van der Waals surface area contributed by atoms with Crippen molar-refractivity contribution in [2.24, 2.45) is 0 Å². The molecule has 6 aromatic carbocycles. The van der Waals surface area contributed by atoms with E-state index in [0.717, 1.165) is 35.4 Å². The third-order valence-corrected chi connectivity index (χ3v) is 9.69. The second-order valence-corrected chi connectivity index (χ2v) is 12.4. The van der Waals surface area contributed by atoms with Crippen LogP contribution < -0.4 is 0 Å². The molecule has 1 N–H and O–H groups in total. The molecule has 0 saturated carbocycles. The topological polar surface area (TPSA) is 38.5 Å². The van der Waals surface area contributed by atoms with Crippen molar-refractivity contribution in [3.63, 3.8) is 0 Å². The van der Waals surface area contributed by atoms with Crippen LogP contribution in [0.4, 0.5) is 0 Å². The molecule has 0 spiro atoms. The molecule has 0 fully saturated rings. The fourth-order valence-corrected chi connectivity index (χ4v) is 7.50. The van der Waals surface area contributed by atoms with Gasteiger partial charge in [0.05, 0.1) is 33.1 Å². The molecule has 0 atom stereocenters. The molecular formula is C43H30N4. The van der Waals surface area contributed by atoms with Crippen LogP contribution in [0.25, 0.3) is 82.7 Å². The van der Waals surface area contributed by atoms with E-state index in [0.29, 0.717) is 0 Å². The van der Waals surface area contributed by atoms with Crippen LogP contribution in [-0.2, 0) is 0 Å². The summed E-state index contributed by atoms with van der Waals surface area (Å²) in [5, 5.41) is 5.01. The first-order chi connectivity index (χ1) is 23.3. The highest BCUT2D eigenvalue weighted by Crippen LogP contribution is 2.38. The van der Waals surface area contributed by atoms with E-state index in [1.54, 1.807) is 0 Å². The molecule has 0 aliphatic heterocycles. The number of hydrogen-bond acceptors (Lipinski definition) is 1. The van der Waals surface area contributed by atoms with Crippen molar-refractivity contribution in [1.29, 1.82) is 0 Å². The van der Waals surface area contributed by atoms with E-state index in [2.05, 4.69) is 166 Å². The number of rotatable bonds is 4. The fourth-order valence-electron chi connectivity index (χ4n) is 7.50. The maximum atomic E-state index is 5.00. The Labute approximate surface area is 271 Å². The third kappa shape index (κ3) is 4.05. The summed E-state index contributed by atoms with van der Waals surface area (Å²) in [7, 11) is 0. The summed E-state index contributed by atoms with van der Waals surface area (Å²) in [5.74, 6) is 0.934. The lowest BCUT2D eigenvalue weighted by molar-refractivity contribution is 1.03. The zero-order valence-electron chi connectivity index (χ0n) is 25.7. The van der Waals surface area contributed by atoms with Crippen molar-refractivity contribution < 1.29 is 0 Å². The van der Waals surface area contributed by atoms with Crippen LogP contribution in [0.15, 0.2) is 152 Å². The van der Waals surface area contributed by atoms with Gasteiger partial charge in [-0.1, -0.05) is 85.0 Å². The van der Waals surface area contributed by atoms with Crippen LogP contribution in [0.1, 0.15) is 18.7 Å². The number of benzene rings is 6. The van der Waals surface area contributed by atoms with Gasteiger partial charge in [0, 0.05) is 38.5 Å². The number of H-pyrrole nitrogens is 1. The lowest BCUT2D eigenvalue weighted by Gasteiger charge is -2.09. The molecule has 3 aromatic heterocycles. The van der Waals surface area contributed by atoms with E-state index in [4.69, 9.17) is 4.98 Å². The third-order valence-electron chi connectivity index (χ3n) is 9.69. The van der Waals surface area contributed by atoms with Gasteiger partial charge >= 0.3 is 0 Å². The summed E-state index contributed by atoms with van der Waals surface area (Å²) in [5.41, 5.74) is 12.7. The smallest absolute Gasteiger partial charge is 0.138 e. The maximum absolute atomic E-state index is 5.00. The number of allylic oxidation sites excluding steroid dienone is 4. The van der Waals surface area contributed by atoms with Crippen LogP contribution in [0.3, 0.4) is 0 Å². The molecule has 222 valence electrons. The molecule has 0 unspecified atom stereocenters. The van der Waals surface area contributed by atoms with Crippen molar-refractivity contribution in [2.75, 3.05) is 0 Å². The standard InChI is InChI=1S/C43H30N4/c1-3-11-28(12-4-1)43-44-37-22-21-32(27-38(37)45-43)47-40-18-10-8-16-34(40)36-26-30(20-24-42(36)47)29-19-23-41-35(25-29)33-15-7-9-17-39(33)46(41)31-13-5-2-6-14-31/h2-3,5-27H,1,4H2,(H,44,45). The number of hydrogen-bond donors (Lipinski definition) is 1. The average Bonchev–Trinajstić information content (AvgIpc) is 3.82. The van der Waals surface area contributed by atoms with Crippen LogP contribution in [0.5, 0.6) is 0 Å². The van der Waals surface area contributed by atoms with Crippen molar-refractivity contribution in [1.82, 2.24) is 19.1 Å². The van der Waals surface area contributed by atoms with Gasteiger partial charge in [-0.15, -0.1) is 0 Å². The van der Waals surface area contributed by atoms with Crippen LogP contribution in [0.2, 0.25) is 0 Å². The van der Waals surface area contributed by atoms with E-state index in [-0.39, 0.29) is 0 Å². The first-order valence-electron chi connectivity index (χ1n) is 16.3. The average molecular weight is 603 g/mol. The number of fused-ring (bicyclic) bond motifs is 7. The molecule has 47 heavy (non-hydrogen) atoms. The highest BCUT2D eigenvalue weighted by atomic mass is 15.0. The number of nitrogens with zero attached hydrogens (tertiary/aromatic N) is 3. The van der Waals surface area contributed by atoms with Crippen LogP contribution in [-0.4, -0.2) is 19.1 Å². The molecule has 9 aromatic rings. The predicted molar refractivity (Wildman–Crippen MR) is 197 cm³/mol. The van der Waals surface area contributed by atoms with Crippen LogP contribution in [0, 0.1) is 0 Å². The molecule has 1 aliphatic carbocycles. The molecule has 0 radical (unpaired) electrons. The molecule has 1 aliphatic rings. The van der Waals surface area contributed by atoms with Gasteiger partial charge < -0.3 is 14.1 Å². The summed E-state index contributed by atoms with van der Waals surface area (Å²) in [4.78, 5) is 8.53. The second kappa shape index (κ2) is 10.2. The number of imidazole rings is 1. The maximum Gasteiger partial charge on any atom is 0.138 e. The molecule has 3 heterocycles.